The fourth-order valence-corrected chi connectivity index (χ4v) is 4.02. The van der Waals surface area contributed by atoms with E-state index in [1.807, 2.05) is 24.3 Å². The first-order valence-corrected chi connectivity index (χ1v) is 10.0. The van der Waals surface area contributed by atoms with E-state index >= 15 is 0 Å². The molecule has 2 aliphatic rings. The summed E-state index contributed by atoms with van der Waals surface area (Å²) in [5, 5.41) is 9.07. The summed E-state index contributed by atoms with van der Waals surface area (Å²) in [5.41, 5.74) is 1.55. The summed E-state index contributed by atoms with van der Waals surface area (Å²) in [4.78, 5) is 14.5. The molecule has 7 nitrogen and oxygen atoms in total. The predicted molar refractivity (Wildman–Crippen MR) is 93.2 cm³/mol. The van der Waals surface area contributed by atoms with Crippen LogP contribution in [0.5, 0.6) is 0 Å². The van der Waals surface area contributed by atoms with Crippen molar-refractivity contribution in [1.29, 1.82) is 0 Å². The molecule has 1 saturated heterocycles. The molecule has 132 valence electrons. The third-order valence-corrected chi connectivity index (χ3v) is 5.71. The summed E-state index contributed by atoms with van der Waals surface area (Å²) in [5.74, 6) is 0.441. The number of piperazine rings is 1. The zero-order valence-electron chi connectivity index (χ0n) is 13.8. The van der Waals surface area contributed by atoms with Crippen LogP contribution in [-0.2, 0) is 10.0 Å². The minimum Gasteiger partial charge on any atom is -0.465 e. The number of para-hydroxylation sites is 2. The van der Waals surface area contributed by atoms with Crippen molar-refractivity contribution in [1.82, 2.24) is 4.90 Å². The number of carbonyl (C=O) groups is 1. The summed E-state index contributed by atoms with van der Waals surface area (Å²) in [6.45, 7) is 2.48. The molecule has 1 aromatic rings. The third kappa shape index (κ3) is 3.75. The standard InChI is InChI=1S/C16H23N3O4S/c1-24(22,23)19(12-13-6-7-13)15-5-3-2-4-14(15)17-8-10-18(11-9-17)16(20)21/h2-5,13H,6-12H2,1H3,(H,20,21). The van der Waals surface area contributed by atoms with Gasteiger partial charge in [0, 0.05) is 32.7 Å². The quantitative estimate of drug-likeness (QED) is 0.871. The number of nitrogens with zero attached hydrogens (tertiary/aromatic N) is 3. The Labute approximate surface area is 142 Å². The average Bonchev–Trinajstić information content (AvgIpc) is 3.36. The van der Waals surface area contributed by atoms with Gasteiger partial charge in [-0.05, 0) is 30.9 Å². The second kappa shape index (κ2) is 6.51. The maximum Gasteiger partial charge on any atom is 0.407 e. The van der Waals surface area contributed by atoms with Gasteiger partial charge in [0.15, 0.2) is 0 Å². The highest BCUT2D eigenvalue weighted by Crippen LogP contribution is 2.36. The van der Waals surface area contributed by atoms with E-state index in [4.69, 9.17) is 5.11 Å². The lowest BCUT2D eigenvalue weighted by molar-refractivity contribution is 0.142. The lowest BCUT2D eigenvalue weighted by Crippen LogP contribution is -2.48. The normalized spacial score (nSPS) is 18.5. The topological polar surface area (TPSA) is 81.2 Å². The van der Waals surface area contributed by atoms with Crippen LogP contribution < -0.4 is 9.21 Å². The van der Waals surface area contributed by atoms with Crippen LogP contribution in [0, 0.1) is 5.92 Å². The minimum absolute atomic E-state index is 0.422. The minimum atomic E-state index is -3.36. The highest BCUT2D eigenvalue weighted by atomic mass is 32.2. The largest absolute Gasteiger partial charge is 0.465 e. The molecule has 1 aliphatic carbocycles. The van der Waals surface area contributed by atoms with Crippen LogP contribution in [0.1, 0.15) is 12.8 Å². The molecule has 1 aromatic carbocycles. The van der Waals surface area contributed by atoms with Gasteiger partial charge in [-0.15, -0.1) is 0 Å². The van der Waals surface area contributed by atoms with Crippen molar-refractivity contribution in [2.75, 3.05) is 48.2 Å². The van der Waals surface area contributed by atoms with E-state index < -0.39 is 16.1 Å². The zero-order chi connectivity index (χ0) is 17.3. The Balaban J connectivity index is 1.85. The van der Waals surface area contributed by atoms with Crippen LogP contribution in [0.15, 0.2) is 24.3 Å². The Morgan fingerprint density at radius 1 is 1.21 bits per heavy atom. The molecule has 8 heteroatoms. The Morgan fingerprint density at radius 3 is 2.38 bits per heavy atom. The summed E-state index contributed by atoms with van der Waals surface area (Å²) in [6.07, 6.45) is 2.49. The Morgan fingerprint density at radius 2 is 1.83 bits per heavy atom. The van der Waals surface area contributed by atoms with Gasteiger partial charge < -0.3 is 14.9 Å². The van der Waals surface area contributed by atoms with Crippen LogP contribution in [0.3, 0.4) is 0 Å². The Kier molecular flexibility index (Phi) is 4.58. The summed E-state index contributed by atoms with van der Waals surface area (Å²) in [7, 11) is -3.36. The highest BCUT2D eigenvalue weighted by Gasteiger charge is 2.31. The van der Waals surface area contributed by atoms with Crippen LogP contribution in [0.25, 0.3) is 0 Å². The van der Waals surface area contributed by atoms with Crippen LogP contribution in [-0.4, -0.2) is 63.5 Å². The smallest absolute Gasteiger partial charge is 0.407 e. The van der Waals surface area contributed by atoms with Gasteiger partial charge in [-0.25, -0.2) is 13.2 Å². The number of amides is 1. The molecule has 0 bridgehead atoms. The molecule has 0 spiro atoms. The summed E-state index contributed by atoms with van der Waals surface area (Å²) in [6, 6.07) is 7.48. The number of sulfonamides is 1. The molecule has 0 radical (unpaired) electrons. The van der Waals surface area contributed by atoms with Gasteiger partial charge in [0.1, 0.15) is 0 Å². The second-order valence-corrected chi connectivity index (χ2v) is 8.39. The van der Waals surface area contributed by atoms with Gasteiger partial charge in [0.25, 0.3) is 0 Å². The Bertz CT molecular complexity index is 710. The fraction of sp³-hybridized carbons (Fsp3) is 0.562. The van der Waals surface area contributed by atoms with Crippen LogP contribution >= 0.6 is 0 Å². The summed E-state index contributed by atoms with van der Waals surface area (Å²) >= 11 is 0. The van der Waals surface area contributed by atoms with E-state index in [0.29, 0.717) is 44.3 Å². The first kappa shape index (κ1) is 16.9. The molecule has 24 heavy (non-hydrogen) atoms. The maximum atomic E-state index is 12.3. The van der Waals surface area contributed by atoms with Crippen molar-refractivity contribution in [2.24, 2.45) is 5.92 Å². The van der Waals surface area contributed by atoms with Crippen LogP contribution in [0.2, 0.25) is 0 Å². The van der Waals surface area contributed by atoms with Gasteiger partial charge in [0.05, 0.1) is 17.6 Å². The van der Waals surface area contributed by atoms with Gasteiger partial charge in [-0.2, -0.15) is 0 Å². The number of carboxylic acid groups (broad SMARTS) is 1. The van der Waals surface area contributed by atoms with Crippen molar-refractivity contribution in [2.45, 2.75) is 12.8 Å². The molecule has 1 amide bonds. The predicted octanol–water partition coefficient (Wildman–Crippen LogP) is 1.66. The van der Waals surface area contributed by atoms with Crippen molar-refractivity contribution in [3.63, 3.8) is 0 Å². The molecule has 1 N–H and O–H groups in total. The Hall–Kier alpha value is -1.96. The third-order valence-electron chi connectivity index (χ3n) is 4.56. The summed E-state index contributed by atoms with van der Waals surface area (Å²) < 4.78 is 26.1. The fourth-order valence-electron chi connectivity index (χ4n) is 3.03. The van der Waals surface area contributed by atoms with Crippen LogP contribution in [0.4, 0.5) is 16.2 Å². The SMILES string of the molecule is CS(=O)(=O)N(CC1CC1)c1ccccc1N1CCN(C(=O)O)CC1. The molecule has 2 fully saturated rings. The lowest BCUT2D eigenvalue weighted by Gasteiger charge is -2.37. The lowest BCUT2D eigenvalue weighted by atomic mass is 10.2. The second-order valence-electron chi connectivity index (χ2n) is 6.48. The van der Waals surface area contributed by atoms with E-state index in [2.05, 4.69) is 4.90 Å². The first-order chi connectivity index (χ1) is 11.4. The van der Waals surface area contributed by atoms with E-state index in [-0.39, 0.29) is 0 Å². The van der Waals surface area contributed by atoms with Crippen molar-refractivity contribution in [3.8, 4) is 0 Å². The van der Waals surface area contributed by atoms with Crippen molar-refractivity contribution >= 4 is 27.5 Å². The van der Waals surface area contributed by atoms with Gasteiger partial charge >= 0.3 is 6.09 Å². The van der Waals surface area contributed by atoms with Crippen molar-refractivity contribution < 1.29 is 18.3 Å². The molecule has 1 saturated carbocycles. The molecule has 0 atom stereocenters. The van der Waals surface area contributed by atoms with E-state index in [0.717, 1.165) is 18.5 Å². The van der Waals surface area contributed by atoms with Gasteiger partial charge in [-0.1, -0.05) is 12.1 Å². The van der Waals surface area contributed by atoms with Gasteiger partial charge in [-0.3, -0.25) is 4.31 Å². The molecule has 1 aliphatic heterocycles. The van der Waals surface area contributed by atoms with E-state index in [1.165, 1.54) is 15.5 Å². The molecule has 3 rings (SSSR count). The van der Waals surface area contributed by atoms with E-state index in [9.17, 15) is 13.2 Å². The number of hydrogen-bond donors (Lipinski definition) is 1. The highest BCUT2D eigenvalue weighted by molar-refractivity contribution is 7.92. The monoisotopic (exact) mass is 353 g/mol. The van der Waals surface area contributed by atoms with Gasteiger partial charge in [0.2, 0.25) is 10.0 Å². The number of hydrogen-bond acceptors (Lipinski definition) is 4. The first-order valence-electron chi connectivity index (χ1n) is 8.16. The van der Waals surface area contributed by atoms with E-state index in [1.54, 1.807) is 0 Å². The molecule has 0 unspecified atom stereocenters. The van der Waals surface area contributed by atoms with Crippen molar-refractivity contribution in [3.05, 3.63) is 24.3 Å². The molecule has 1 heterocycles. The molecular formula is C16H23N3O4S. The maximum absolute atomic E-state index is 12.3. The molecule has 0 aromatic heterocycles. The number of benzene rings is 1. The number of anilines is 2. The molecular weight excluding hydrogens is 330 g/mol. The average molecular weight is 353 g/mol. The zero-order valence-corrected chi connectivity index (χ0v) is 14.6. The number of rotatable bonds is 5.